The molecule has 0 atom stereocenters. The quantitative estimate of drug-likeness (QED) is 0.431. The minimum absolute atomic E-state index is 0.138. The number of anilines is 1. The number of hydrogen-bond donors (Lipinski definition) is 2. The molecule has 1 aromatic heterocycles. The smallest absolute Gasteiger partial charge is 0.255 e. The van der Waals surface area contributed by atoms with Crippen molar-refractivity contribution in [3.05, 3.63) is 100 Å². The largest absolute Gasteiger partial charge is 0.350 e. The summed E-state index contributed by atoms with van der Waals surface area (Å²) in [5, 5.41) is 3.59. The Morgan fingerprint density at radius 1 is 0.862 bits per heavy atom. The van der Waals surface area contributed by atoms with Crippen LogP contribution in [0.25, 0.3) is 10.9 Å². The fraction of sp³-hybridized carbons (Fsp3) is 0. The van der Waals surface area contributed by atoms with E-state index in [1.54, 1.807) is 48.5 Å². The van der Waals surface area contributed by atoms with Gasteiger partial charge in [0.25, 0.3) is 5.91 Å². The van der Waals surface area contributed by atoms with E-state index >= 15 is 0 Å². The summed E-state index contributed by atoms with van der Waals surface area (Å²) in [5.41, 5.74) is 1.10. The van der Waals surface area contributed by atoms with Gasteiger partial charge >= 0.3 is 0 Å². The molecular weight excluding hydrogens is 398 g/mol. The van der Waals surface area contributed by atoms with Gasteiger partial charge in [-0.05, 0) is 30.3 Å². The Kier molecular flexibility index (Phi) is 4.86. The maximum atomic E-state index is 13.5. The van der Waals surface area contributed by atoms with Gasteiger partial charge in [-0.25, -0.2) is 8.78 Å². The predicted octanol–water partition coefficient (Wildman–Crippen LogP) is 5.58. The Morgan fingerprint density at radius 3 is 2.24 bits per heavy atom. The van der Waals surface area contributed by atoms with Gasteiger partial charge in [0, 0.05) is 33.1 Å². The second-order valence-electron chi connectivity index (χ2n) is 6.37. The van der Waals surface area contributed by atoms with Gasteiger partial charge < -0.3 is 10.3 Å². The molecule has 7 heteroatoms. The first-order valence-corrected chi connectivity index (χ1v) is 8.98. The molecule has 0 aliphatic heterocycles. The zero-order valence-corrected chi connectivity index (χ0v) is 15.6. The predicted molar refractivity (Wildman–Crippen MR) is 107 cm³/mol. The highest BCUT2D eigenvalue weighted by atomic mass is 35.5. The van der Waals surface area contributed by atoms with Crippen LogP contribution in [-0.4, -0.2) is 16.7 Å². The van der Waals surface area contributed by atoms with E-state index in [2.05, 4.69) is 10.3 Å². The number of hydrogen-bond acceptors (Lipinski definition) is 2. The molecule has 1 amide bonds. The molecule has 0 fully saturated rings. The van der Waals surface area contributed by atoms with E-state index in [0.717, 1.165) is 12.1 Å². The second-order valence-corrected chi connectivity index (χ2v) is 6.81. The van der Waals surface area contributed by atoms with Crippen molar-refractivity contribution in [1.82, 2.24) is 4.98 Å². The Hall–Kier alpha value is -3.51. The van der Waals surface area contributed by atoms with Crippen LogP contribution in [0.5, 0.6) is 0 Å². The van der Waals surface area contributed by atoms with Crippen molar-refractivity contribution in [2.45, 2.75) is 0 Å². The van der Waals surface area contributed by atoms with Crippen molar-refractivity contribution in [3.63, 3.8) is 0 Å². The fourth-order valence-electron chi connectivity index (χ4n) is 3.07. The fourth-order valence-corrected chi connectivity index (χ4v) is 3.25. The molecule has 0 saturated heterocycles. The van der Waals surface area contributed by atoms with Crippen LogP contribution in [0.15, 0.2) is 66.7 Å². The number of benzene rings is 3. The first kappa shape index (κ1) is 18.8. The van der Waals surface area contributed by atoms with Gasteiger partial charge in [-0.1, -0.05) is 41.9 Å². The Bertz CT molecular complexity index is 1230. The van der Waals surface area contributed by atoms with Crippen molar-refractivity contribution < 1.29 is 18.4 Å². The van der Waals surface area contributed by atoms with Gasteiger partial charge in [0.05, 0.1) is 5.69 Å². The van der Waals surface area contributed by atoms with Crippen LogP contribution in [0.3, 0.4) is 0 Å². The monoisotopic (exact) mass is 410 g/mol. The van der Waals surface area contributed by atoms with Crippen LogP contribution in [0.1, 0.15) is 26.4 Å². The lowest BCUT2D eigenvalue weighted by Crippen LogP contribution is -2.15. The van der Waals surface area contributed by atoms with Crippen molar-refractivity contribution in [1.29, 1.82) is 0 Å². The molecular formula is C22H13ClF2N2O2. The van der Waals surface area contributed by atoms with Gasteiger partial charge in [0.2, 0.25) is 5.78 Å². The SMILES string of the molecule is O=C(Nc1c(C(=O)c2ccccc2)[nH]c2cc(Cl)ccc12)c1cc(F)cc(F)c1. The third kappa shape index (κ3) is 3.75. The standard InChI is InChI=1S/C22H13ClF2N2O2/c23-14-6-7-17-18(10-14)26-20(21(28)12-4-2-1-3-5-12)19(17)27-22(29)13-8-15(24)11-16(25)9-13/h1-11,26H,(H,27,29). The van der Waals surface area contributed by atoms with E-state index in [1.807, 2.05) is 0 Å². The molecule has 0 spiro atoms. The van der Waals surface area contributed by atoms with Crippen LogP contribution in [0.4, 0.5) is 14.5 Å². The number of fused-ring (bicyclic) bond motifs is 1. The number of nitrogens with one attached hydrogen (secondary N) is 2. The topological polar surface area (TPSA) is 62.0 Å². The van der Waals surface area contributed by atoms with Crippen molar-refractivity contribution in [2.75, 3.05) is 5.32 Å². The van der Waals surface area contributed by atoms with Gasteiger partial charge in [0.1, 0.15) is 17.3 Å². The zero-order chi connectivity index (χ0) is 20.5. The summed E-state index contributed by atoms with van der Waals surface area (Å²) in [5.74, 6) is -2.84. The molecule has 29 heavy (non-hydrogen) atoms. The van der Waals surface area contributed by atoms with Crippen LogP contribution >= 0.6 is 11.6 Å². The maximum Gasteiger partial charge on any atom is 0.255 e. The van der Waals surface area contributed by atoms with Gasteiger partial charge in [-0.15, -0.1) is 0 Å². The lowest BCUT2D eigenvalue weighted by molar-refractivity contribution is 0.102. The third-order valence-corrected chi connectivity index (χ3v) is 4.62. The molecule has 0 aliphatic rings. The molecule has 0 bridgehead atoms. The molecule has 2 N–H and O–H groups in total. The van der Waals surface area contributed by atoms with E-state index in [9.17, 15) is 18.4 Å². The molecule has 4 aromatic rings. The van der Waals surface area contributed by atoms with Crippen LogP contribution in [-0.2, 0) is 0 Å². The minimum atomic E-state index is -0.874. The van der Waals surface area contributed by atoms with Crippen molar-refractivity contribution in [3.8, 4) is 0 Å². The minimum Gasteiger partial charge on any atom is -0.350 e. The molecule has 0 saturated carbocycles. The molecule has 0 unspecified atom stereocenters. The van der Waals surface area contributed by atoms with E-state index in [-0.39, 0.29) is 22.7 Å². The molecule has 4 nitrogen and oxygen atoms in total. The van der Waals surface area contributed by atoms with Crippen molar-refractivity contribution >= 4 is 39.9 Å². The van der Waals surface area contributed by atoms with Crippen molar-refractivity contribution in [2.24, 2.45) is 0 Å². The average Bonchev–Trinajstić information content (AvgIpc) is 3.04. The van der Waals surface area contributed by atoms with Gasteiger partial charge in [0.15, 0.2) is 0 Å². The lowest BCUT2D eigenvalue weighted by Gasteiger charge is -2.08. The summed E-state index contributed by atoms with van der Waals surface area (Å²) >= 11 is 6.04. The number of aromatic amines is 1. The number of halogens is 3. The summed E-state index contributed by atoms with van der Waals surface area (Å²) in [7, 11) is 0. The van der Waals surface area contributed by atoms with E-state index < -0.39 is 17.5 Å². The van der Waals surface area contributed by atoms with Gasteiger partial charge in [-0.3, -0.25) is 9.59 Å². The Labute approximate surface area is 169 Å². The summed E-state index contributed by atoms with van der Waals surface area (Å²) in [6.45, 7) is 0. The summed E-state index contributed by atoms with van der Waals surface area (Å²) in [6, 6.07) is 15.9. The summed E-state index contributed by atoms with van der Waals surface area (Å²) in [6.07, 6.45) is 0. The van der Waals surface area contributed by atoms with Crippen LogP contribution in [0, 0.1) is 11.6 Å². The Morgan fingerprint density at radius 2 is 1.55 bits per heavy atom. The van der Waals surface area contributed by atoms with Crippen LogP contribution < -0.4 is 5.32 Å². The zero-order valence-electron chi connectivity index (χ0n) is 14.8. The number of ketones is 1. The summed E-state index contributed by atoms with van der Waals surface area (Å²) < 4.78 is 27.0. The number of aromatic nitrogens is 1. The maximum absolute atomic E-state index is 13.5. The highest BCUT2D eigenvalue weighted by molar-refractivity contribution is 6.31. The molecule has 0 aliphatic carbocycles. The second kappa shape index (κ2) is 7.48. The van der Waals surface area contributed by atoms with E-state index in [4.69, 9.17) is 11.6 Å². The number of rotatable bonds is 4. The molecule has 4 rings (SSSR count). The van der Waals surface area contributed by atoms with E-state index in [1.165, 1.54) is 0 Å². The number of amides is 1. The van der Waals surface area contributed by atoms with Crippen LogP contribution in [0.2, 0.25) is 5.02 Å². The lowest BCUT2D eigenvalue weighted by atomic mass is 10.1. The number of carbonyl (C=O) groups is 2. The highest BCUT2D eigenvalue weighted by Gasteiger charge is 2.22. The average molecular weight is 411 g/mol. The molecule has 3 aromatic carbocycles. The molecule has 144 valence electrons. The van der Waals surface area contributed by atoms with E-state index in [0.29, 0.717) is 27.6 Å². The first-order valence-electron chi connectivity index (χ1n) is 8.61. The number of carbonyl (C=O) groups excluding carboxylic acids is 2. The highest BCUT2D eigenvalue weighted by Crippen LogP contribution is 2.32. The molecule has 0 radical (unpaired) electrons. The normalized spacial score (nSPS) is 10.9. The van der Waals surface area contributed by atoms with Gasteiger partial charge in [-0.2, -0.15) is 0 Å². The Balaban J connectivity index is 1.81. The number of H-pyrrole nitrogens is 1. The molecule has 1 heterocycles. The summed E-state index contributed by atoms with van der Waals surface area (Å²) in [4.78, 5) is 28.6. The first-order chi connectivity index (χ1) is 13.9. The third-order valence-electron chi connectivity index (χ3n) is 4.39.